The SMILES string of the molecule is CN(C)CN1C(=O)C(=Nc2cccnc2)c2ccccc21. The van der Waals surface area contributed by atoms with Gasteiger partial charge in [0, 0.05) is 11.8 Å². The Kier molecular flexibility index (Phi) is 3.50. The van der Waals surface area contributed by atoms with Crippen LogP contribution in [0, 0.1) is 0 Å². The fourth-order valence-corrected chi connectivity index (χ4v) is 2.34. The van der Waals surface area contributed by atoms with E-state index in [-0.39, 0.29) is 5.91 Å². The first-order valence-electron chi connectivity index (χ1n) is 6.71. The van der Waals surface area contributed by atoms with Crippen molar-refractivity contribution in [3.8, 4) is 0 Å². The molecule has 2 aromatic rings. The first-order valence-corrected chi connectivity index (χ1v) is 6.71. The number of nitrogens with zero attached hydrogens (tertiary/aromatic N) is 4. The zero-order valence-corrected chi connectivity index (χ0v) is 12.0. The number of hydrogen-bond donors (Lipinski definition) is 0. The van der Waals surface area contributed by atoms with Crippen LogP contribution in [0.25, 0.3) is 0 Å². The molecule has 0 atom stereocenters. The number of aromatic nitrogens is 1. The van der Waals surface area contributed by atoms with Gasteiger partial charge in [-0.1, -0.05) is 18.2 Å². The molecule has 5 heteroatoms. The zero-order valence-electron chi connectivity index (χ0n) is 12.0. The molecule has 1 amide bonds. The van der Waals surface area contributed by atoms with E-state index in [2.05, 4.69) is 9.98 Å². The van der Waals surface area contributed by atoms with Crippen molar-refractivity contribution in [2.75, 3.05) is 25.7 Å². The van der Waals surface area contributed by atoms with E-state index in [1.807, 2.05) is 55.4 Å². The van der Waals surface area contributed by atoms with Gasteiger partial charge in [-0.2, -0.15) is 0 Å². The van der Waals surface area contributed by atoms with E-state index in [4.69, 9.17) is 0 Å². The third-order valence-corrected chi connectivity index (χ3v) is 3.21. The molecule has 0 aliphatic carbocycles. The Morgan fingerprint density at radius 2 is 2.00 bits per heavy atom. The third-order valence-electron chi connectivity index (χ3n) is 3.21. The van der Waals surface area contributed by atoms with Gasteiger partial charge in [-0.3, -0.25) is 19.6 Å². The molecule has 0 N–H and O–H groups in total. The Morgan fingerprint density at radius 1 is 1.19 bits per heavy atom. The number of benzene rings is 1. The maximum atomic E-state index is 12.7. The lowest BCUT2D eigenvalue weighted by Gasteiger charge is -2.21. The van der Waals surface area contributed by atoms with Crippen LogP contribution in [0.4, 0.5) is 11.4 Å². The summed E-state index contributed by atoms with van der Waals surface area (Å²) in [6.45, 7) is 0.530. The van der Waals surface area contributed by atoms with Crippen LogP contribution < -0.4 is 4.90 Å². The van der Waals surface area contributed by atoms with Crippen molar-refractivity contribution in [2.45, 2.75) is 0 Å². The largest absolute Gasteiger partial charge is 0.293 e. The highest BCUT2D eigenvalue weighted by Gasteiger charge is 2.33. The summed E-state index contributed by atoms with van der Waals surface area (Å²) in [4.78, 5) is 24.9. The van der Waals surface area contributed by atoms with Crippen LogP contribution in [0.3, 0.4) is 0 Å². The molecule has 1 aliphatic heterocycles. The zero-order chi connectivity index (χ0) is 14.8. The van der Waals surface area contributed by atoms with E-state index in [9.17, 15) is 4.79 Å². The minimum absolute atomic E-state index is 0.0752. The standard InChI is InChI=1S/C16H16N4O/c1-19(2)11-20-14-8-4-3-7-13(14)15(16(20)21)18-12-6-5-9-17-10-12/h3-10H,11H2,1-2H3. The first-order chi connectivity index (χ1) is 10.2. The quantitative estimate of drug-likeness (QED) is 0.864. The van der Waals surface area contributed by atoms with Gasteiger partial charge in [0.25, 0.3) is 5.91 Å². The summed E-state index contributed by atoms with van der Waals surface area (Å²) in [7, 11) is 3.87. The van der Waals surface area contributed by atoms with Crippen LogP contribution in [0.2, 0.25) is 0 Å². The monoisotopic (exact) mass is 280 g/mol. The molecule has 0 unspecified atom stereocenters. The summed E-state index contributed by atoms with van der Waals surface area (Å²) >= 11 is 0. The lowest BCUT2D eigenvalue weighted by atomic mass is 10.1. The second-order valence-corrected chi connectivity index (χ2v) is 5.14. The summed E-state index contributed by atoms with van der Waals surface area (Å²) < 4.78 is 0. The van der Waals surface area contributed by atoms with E-state index < -0.39 is 0 Å². The molecule has 3 rings (SSSR count). The Hall–Kier alpha value is -2.53. The van der Waals surface area contributed by atoms with Gasteiger partial charge in [-0.15, -0.1) is 0 Å². The van der Waals surface area contributed by atoms with Crippen molar-refractivity contribution >= 4 is 23.0 Å². The van der Waals surface area contributed by atoms with E-state index in [0.717, 1.165) is 11.3 Å². The van der Waals surface area contributed by atoms with E-state index in [1.54, 1.807) is 17.3 Å². The minimum Gasteiger partial charge on any atom is -0.293 e. The normalized spacial score (nSPS) is 15.9. The molecule has 106 valence electrons. The van der Waals surface area contributed by atoms with Gasteiger partial charge in [-0.25, -0.2) is 4.99 Å². The van der Waals surface area contributed by atoms with Crippen molar-refractivity contribution in [1.29, 1.82) is 0 Å². The average molecular weight is 280 g/mol. The van der Waals surface area contributed by atoms with Crippen LogP contribution in [0.5, 0.6) is 0 Å². The summed E-state index contributed by atoms with van der Waals surface area (Å²) in [6, 6.07) is 11.4. The first kappa shape index (κ1) is 13.5. The topological polar surface area (TPSA) is 48.8 Å². The molecular weight excluding hydrogens is 264 g/mol. The predicted molar refractivity (Wildman–Crippen MR) is 82.9 cm³/mol. The summed E-state index contributed by atoms with van der Waals surface area (Å²) in [5.74, 6) is -0.0752. The maximum absolute atomic E-state index is 12.7. The number of hydrogen-bond acceptors (Lipinski definition) is 4. The molecule has 0 spiro atoms. The molecule has 2 heterocycles. The van der Waals surface area contributed by atoms with Gasteiger partial charge in [0.15, 0.2) is 0 Å². The number of amides is 1. The summed E-state index contributed by atoms with van der Waals surface area (Å²) in [5.41, 5.74) is 2.93. The summed E-state index contributed by atoms with van der Waals surface area (Å²) in [5, 5.41) is 0. The lowest BCUT2D eigenvalue weighted by Crippen LogP contribution is -2.37. The second-order valence-electron chi connectivity index (χ2n) is 5.14. The van der Waals surface area contributed by atoms with E-state index in [1.165, 1.54) is 0 Å². The Bertz CT molecular complexity index is 694. The van der Waals surface area contributed by atoms with Crippen molar-refractivity contribution in [2.24, 2.45) is 4.99 Å². The molecule has 1 aromatic carbocycles. The molecule has 1 aromatic heterocycles. The molecule has 21 heavy (non-hydrogen) atoms. The van der Waals surface area contributed by atoms with Gasteiger partial charge < -0.3 is 0 Å². The highest BCUT2D eigenvalue weighted by Crippen LogP contribution is 2.30. The molecule has 1 aliphatic rings. The molecule has 5 nitrogen and oxygen atoms in total. The van der Waals surface area contributed by atoms with Crippen LogP contribution in [-0.2, 0) is 4.79 Å². The van der Waals surface area contributed by atoms with Gasteiger partial charge >= 0.3 is 0 Å². The van der Waals surface area contributed by atoms with Gasteiger partial charge in [0.2, 0.25) is 0 Å². The maximum Gasteiger partial charge on any atom is 0.278 e. The number of fused-ring (bicyclic) bond motifs is 1. The van der Waals surface area contributed by atoms with E-state index in [0.29, 0.717) is 18.1 Å². The number of carbonyl (C=O) groups is 1. The fraction of sp³-hybridized carbons (Fsp3) is 0.188. The highest BCUT2D eigenvalue weighted by atomic mass is 16.2. The number of pyridine rings is 1. The number of carbonyl (C=O) groups excluding carboxylic acids is 1. The van der Waals surface area contributed by atoms with Crippen molar-refractivity contribution < 1.29 is 4.79 Å². The van der Waals surface area contributed by atoms with E-state index >= 15 is 0 Å². The van der Waals surface area contributed by atoms with Gasteiger partial charge in [0.05, 0.1) is 24.2 Å². The number of rotatable bonds is 3. The predicted octanol–water partition coefficient (Wildman–Crippen LogP) is 2.07. The van der Waals surface area contributed by atoms with Gasteiger partial charge in [0.1, 0.15) is 5.71 Å². The molecule has 0 saturated carbocycles. The Balaban J connectivity index is 2.07. The molecule has 0 bridgehead atoms. The molecule has 0 radical (unpaired) electrons. The smallest absolute Gasteiger partial charge is 0.278 e. The Labute approximate surface area is 123 Å². The van der Waals surface area contributed by atoms with Crippen LogP contribution in [0.15, 0.2) is 53.8 Å². The minimum atomic E-state index is -0.0752. The molecular formula is C16H16N4O. The van der Waals surface area contributed by atoms with Crippen LogP contribution in [0.1, 0.15) is 5.56 Å². The number of aliphatic imine (C=N–C) groups is 1. The number of anilines is 1. The highest BCUT2D eigenvalue weighted by molar-refractivity contribution is 6.54. The number of para-hydroxylation sites is 1. The van der Waals surface area contributed by atoms with Crippen molar-refractivity contribution in [3.63, 3.8) is 0 Å². The molecule has 0 saturated heterocycles. The fourth-order valence-electron chi connectivity index (χ4n) is 2.34. The van der Waals surface area contributed by atoms with Crippen LogP contribution in [-0.4, -0.2) is 42.3 Å². The molecule has 0 fully saturated rings. The van der Waals surface area contributed by atoms with Gasteiger partial charge in [-0.05, 0) is 32.3 Å². The lowest BCUT2D eigenvalue weighted by molar-refractivity contribution is -0.112. The Morgan fingerprint density at radius 3 is 2.71 bits per heavy atom. The second kappa shape index (κ2) is 5.46. The van der Waals surface area contributed by atoms with Crippen molar-refractivity contribution in [3.05, 3.63) is 54.4 Å². The van der Waals surface area contributed by atoms with Crippen LogP contribution >= 0.6 is 0 Å². The third kappa shape index (κ3) is 2.55. The van der Waals surface area contributed by atoms with Crippen molar-refractivity contribution in [1.82, 2.24) is 9.88 Å². The average Bonchev–Trinajstić information content (AvgIpc) is 2.74. The summed E-state index contributed by atoms with van der Waals surface area (Å²) in [6.07, 6.45) is 3.34.